The number of hydrogen-bond acceptors (Lipinski definition) is 10. The second-order valence-corrected chi connectivity index (χ2v) is 17.4. The Labute approximate surface area is 287 Å². The van der Waals surface area contributed by atoms with E-state index in [0.717, 1.165) is 3.79 Å². The van der Waals surface area contributed by atoms with E-state index in [1.807, 2.05) is 18.2 Å². The highest BCUT2D eigenvalue weighted by molar-refractivity contribution is 9.11. The number of piperidine rings is 1. The number of carbonyl (C=O) groups excluding carboxylic acids is 2. The second-order valence-electron chi connectivity index (χ2n) is 15.0. The van der Waals surface area contributed by atoms with Crippen LogP contribution >= 0.6 is 27.3 Å². The third-order valence-corrected chi connectivity index (χ3v) is 15.5. The van der Waals surface area contributed by atoms with Crippen molar-refractivity contribution in [3.05, 3.63) is 56.2 Å². The summed E-state index contributed by atoms with van der Waals surface area (Å²) in [6.45, 7) is 3.27. The van der Waals surface area contributed by atoms with Crippen LogP contribution in [0.2, 0.25) is 0 Å². The van der Waals surface area contributed by atoms with Crippen LogP contribution in [0.3, 0.4) is 0 Å². The van der Waals surface area contributed by atoms with E-state index in [2.05, 4.69) is 27.8 Å². The Hall–Kier alpha value is -1.70. The summed E-state index contributed by atoms with van der Waals surface area (Å²) in [6, 6.07) is 10.7. The van der Waals surface area contributed by atoms with Crippen LogP contribution in [0.15, 0.2) is 40.2 Å². The molecular formula is C36H44BrNO8S. The number of esters is 1. The van der Waals surface area contributed by atoms with Gasteiger partial charge in [-0.3, -0.25) is 9.69 Å². The number of rotatable bonds is 9. The fraction of sp³-hybridized carbons (Fsp3) is 0.667. The smallest absolute Gasteiger partial charge is 0.339 e. The van der Waals surface area contributed by atoms with E-state index in [1.54, 1.807) is 32.4 Å². The molecule has 1 aromatic carbocycles. The summed E-state index contributed by atoms with van der Waals surface area (Å²) in [7, 11) is 3.28. The number of methoxy groups -OCH3 is 2. The van der Waals surface area contributed by atoms with Gasteiger partial charge in [-0.2, -0.15) is 0 Å². The predicted molar refractivity (Wildman–Crippen MR) is 177 cm³/mol. The van der Waals surface area contributed by atoms with E-state index in [-0.39, 0.29) is 60.5 Å². The molecule has 3 unspecified atom stereocenters. The van der Waals surface area contributed by atoms with E-state index >= 15 is 0 Å². The van der Waals surface area contributed by atoms with Gasteiger partial charge in [-0.1, -0.05) is 25.1 Å². The Bertz CT molecular complexity index is 1600. The number of Topliss-reactive ketones (excluding diaryl/α,β-unsaturated/α-hetero) is 1. The summed E-state index contributed by atoms with van der Waals surface area (Å²) < 4.78 is 19.7. The molecule has 2 heterocycles. The maximum absolute atomic E-state index is 14.4. The third kappa shape index (κ3) is 4.03. The van der Waals surface area contributed by atoms with Crippen LogP contribution in [-0.4, -0.2) is 101 Å². The number of halogens is 1. The molecule has 7 bridgehead atoms. The van der Waals surface area contributed by atoms with Crippen molar-refractivity contribution in [1.29, 1.82) is 0 Å². The zero-order valence-corrected chi connectivity index (χ0v) is 29.5. The van der Waals surface area contributed by atoms with Crippen molar-refractivity contribution in [2.24, 2.45) is 35.0 Å². The molecule has 0 radical (unpaired) electrons. The van der Waals surface area contributed by atoms with E-state index in [4.69, 9.17) is 14.2 Å². The molecule has 8 rings (SSSR count). The van der Waals surface area contributed by atoms with Crippen molar-refractivity contribution in [2.45, 2.75) is 80.5 Å². The molecule has 254 valence electrons. The summed E-state index contributed by atoms with van der Waals surface area (Å²) in [5, 5.41) is 36.9. The summed E-state index contributed by atoms with van der Waals surface area (Å²) in [5.41, 5.74) is -3.45. The number of aliphatic hydroxyl groups is 3. The zero-order valence-electron chi connectivity index (χ0n) is 27.1. The van der Waals surface area contributed by atoms with Gasteiger partial charge in [-0.15, -0.1) is 11.3 Å². The number of ether oxygens (including phenoxy) is 3. The van der Waals surface area contributed by atoms with Crippen LogP contribution in [0.1, 0.15) is 64.6 Å². The largest absolute Gasteiger partial charge is 0.454 e. The van der Waals surface area contributed by atoms with Gasteiger partial charge in [-0.25, -0.2) is 4.79 Å². The van der Waals surface area contributed by atoms with Crippen LogP contribution in [0.25, 0.3) is 0 Å². The molecule has 12 atom stereocenters. The average Bonchev–Trinajstić information content (AvgIpc) is 3.70. The maximum Gasteiger partial charge on any atom is 0.339 e. The fourth-order valence-corrected chi connectivity index (χ4v) is 13.7. The van der Waals surface area contributed by atoms with Gasteiger partial charge in [0.1, 0.15) is 16.8 Å². The lowest BCUT2D eigenvalue weighted by atomic mass is 9.42. The first-order valence-electron chi connectivity index (χ1n) is 17.0. The molecule has 6 aliphatic rings. The molecule has 1 aliphatic heterocycles. The van der Waals surface area contributed by atoms with E-state index < -0.39 is 34.3 Å². The molecule has 3 N–H and O–H groups in total. The number of benzene rings is 1. The highest BCUT2D eigenvalue weighted by atomic mass is 79.9. The van der Waals surface area contributed by atoms with Gasteiger partial charge < -0.3 is 29.5 Å². The molecule has 9 nitrogen and oxygen atoms in total. The lowest BCUT2D eigenvalue weighted by Crippen LogP contribution is -2.82. The Morgan fingerprint density at radius 3 is 2.55 bits per heavy atom. The number of aliphatic hydroxyl groups excluding tert-OH is 1. The maximum atomic E-state index is 14.4. The summed E-state index contributed by atoms with van der Waals surface area (Å²) in [6.07, 6.45) is 1.96. The van der Waals surface area contributed by atoms with Crippen molar-refractivity contribution < 1.29 is 39.1 Å². The number of nitrogens with zero attached hydrogens (tertiary/aromatic N) is 1. The van der Waals surface area contributed by atoms with Gasteiger partial charge in [0, 0.05) is 75.3 Å². The zero-order chi connectivity index (χ0) is 33.1. The first kappa shape index (κ1) is 32.5. The number of likely N-dealkylation sites (tertiary alicyclic amines) is 1. The SMILES string of the molecule is CCN1C[C@]2(OC(=O)c3ccccc3CC(=O)c3ccc(Br)s3)CC[C@H](CO)[C@]34C1[C@H](CC23)[C@@]1(O)C[C@H](OC)[C@H]2CC4[C@]1(O)[C@H]2OC. The van der Waals surface area contributed by atoms with E-state index in [9.17, 15) is 24.9 Å². The molecule has 2 aromatic rings. The number of carbonyl (C=O) groups is 2. The van der Waals surface area contributed by atoms with E-state index in [1.165, 1.54) is 11.3 Å². The van der Waals surface area contributed by atoms with Gasteiger partial charge in [0.25, 0.3) is 0 Å². The monoisotopic (exact) mass is 729 g/mol. The molecule has 47 heavy (non-hydrogen) atoms. The number of hydrogen-bond donors (Lipinski definition) is 3. The minimum Gasteiger partial charge on any atom is -0.454 e. The van der Waals surface area contributed by atoms with Crippen LogP contribution < -0.4 is 0 Å². The molecule has 0 amide bonds. The quantitative estimate of drug-likeness (QED) is 0.259. The molecule has 6 fully saturated rings. The summed E-state index contributed by atoms with van der Waals surface area (Å²) in [4.78, 5) is 30.6. The molecule has 1 saturated heterocycles. The van der Waals surface area contributed by atoms with Crippen LogP contribution in [0, 0.1) is 35.0 Å². The Morgan fingerprint density at radius 2 is 1.87 bits per heavy atom. The predicted octanol–water partition coefficient (Wildman–Crippen LogP) is 4.11. The van der Waals surface area contributed by atoms with Crippen LogP contribution in [0.4, 0.5) is 0 Å². The van der Waals surface area contributed by atoms with Gasteiger partial charge in [0.15, 0.2) is 5.78 Å². The minimum absolute atomic E-state index is 0.0356. The second kappa shape index (κ2) is 11.2. The van der Waals surface area contributed by atoms with Crippen molar-refractivity contribution >= 4 is 39.0 Å². The van der Waals surface area contributed by atoms with Crippen LogP contribution in [-0.2, 0) is 20.6 Å². The van der Waals surface area contributed by atoms with Crippen molar-refractivity contribution in [1.82, 2.24) is 4.90 Å². The molecule has 11 heteroatoms. The summed E-state index contributed by atoms with van der Waals surface area (Å²) >= 11 is 4.81. The van der Waals surface area contributed by atoms with Crippen molar-refractivity contribution in [3.8, 4) is 0 Å². The van der Waals surface area contributed by atoms with Crippen molar-refractivity contribution in [3.63, 3.8) is 0 Å². The van der Waals surface area contributed by atoms with Gasteiger partial charge in [0.2, 0.25) is 0 Å². The topological polar surface area (TPSA) is 126 Å². The lowest BCUT2D eigenvalue weighted by Gasteiger charge is -2.71. The number of likely N-dealkylation sites (N-methyl/N-ethyl adjacent to an activating group) is 1. The van der Waals surface area contributed by atoms with Crippen LogP contribution in [0.5, 0.6) is 0 Å². The first-order chi connectivity index (χ1) is 22.5. The number of fused-ring (bicyclic) bond motifs is 2. The normalized spacial score (nSPS) is 44.4. The summed E-state index contributed by atoms with van der Waals surface area (Å²) in [5.74, 6) is -1.60. The van der Waals surface area contributed by atoms with Crippen molar-refractivity contribution in [2.75, 3.05) is 33.9 Å². The Kier molecular flexibility index (Phi) is 7.71. The standard InChI is InChI=1S/C36H44BrNO8S/c1-4-38-18-33(46-32(41)21-8-6-5-7-19(21)13-24(40)26-9-10-29(37)47-26)12-11-20(17-39)35-27(33)15-23(30(35)38)34(42)16-25(44-2)22-14-28(35)36(34,43)31(22)45-3/h5-10,20,22-23,25,27-28,30-31,39,42-43H,4,11-18H2,1-3H3/t20-,22-,23+,25+,27?,28?,30?,31+,33-,34+,35+,36+/m1/s1. The lowest BCUT2D eigenvalue weighted by molar-refractivity contribution is -0.333. The van der Waals surface area contributed by atoms with Gasteiger partial charge in [0.05, 0.1) is 26.4 Å². The number of thiophene rings is 1. The fourth-order valence-electron chi connectivity index (χ4n) is 12.4. The van der Waals surface area contributed by atoms with Gasteiger partial charge in [-0.05, 0) is 77.8 Å². The molecule has 5 saturated carbocycles. The average molecular weight is 731 g/mol. The van der Waals surface area contributed by atoms with Gasteiger partial charge >= 0.3 is 5.97 Å². The van der Waals surface area contributed by atoms with E-state index in [0.29, 0.717) is 61.2 Å². The minimum atomic E-state index is -1.52. The Morgan fingerprint density at radius 1 is 1.09 bits per heavy atom. The third-order valence-electron chi connectivity index (χ3n) is 13.8. The first-order valence-corrected chi connectivity index (χ1v) is 18.6. The molecule has 1 aromatic heterocycles. The highest BCUT2D eigenvalue weighted by Gasteiger charge is 2.88. The Balaban J connectivity index is 1.21. The molecule has 5 aliphatic carbocycles. The highest BCUT2D eigenvalue weighted by Crippen LogP contribution is 2.80. The molecular weight excluding hydrogens is 686 g/mol. The molecule has 1 spiro atoms. The number of ketones is 1.